The molecule has 3 rings (SSSR count). The van der Waals surface area contributed by atoms with Crippen molar-refractivity contribution < 1.29 is 27.1 Å². The number of carbonyl (C=O) groups is 1. The highest BCUT2D eigenvalue weighted by Crippen LogP contribution is 2.30. The zero-order chi connectivity index (χ0) is 24.2. The van der Waals surface area contributed by atoms with Gasteiger partial charge in [0.25, 0.3) is 5.91 Å². The first kappa shape index (κ1) is 23.6. The number of alkyl halides is 3. The van der Waals surface area contributed by atoms with Gasteiger partial charge in [-0.3, -0.25) is 4.79 Å². The fourth-order valence-corrected chi connectivity index (χ4v) is 3.07. The van der Waals surface area contributed by atoms with Gasteiger partial charge in [0.15, 0.2) is 5.82 Å². The summed E-state index contributed by atoms with van der Waals surface area (Å²) >= 11 is 0. The van der Waals surface area contributed by atoms with E-state index >= 15 is 0 Å². The number of pyridine rings is 1. The van der Waals surface area contributed by atoms with Crippen molar-refractivity contribution in [1.82, 2.24) is 24.9 Å². The lowest BCUT2D eigenvalue weighted by atomic mass is 10.1. The molecule has 0 bridgehead atoms. The van der Waals surface area contributed by atoms with Gasteiger partial charge in [-0.05, 0) is 38.1 Å². The Bertz CT molecular complexity index is 1170. The Morgan fingerprint density at radius 1 is 1.27 bits per heavy atom. The van der Waals surface area contributed by atoms with E-state index in [-0.39, 0.29) is 18.7 Å². The van der Waals surface area contributed by atoms with Crippen molar-refractivity contribution in [1.29, 1.82) is 5.26 Å². The number of carbonyl (C=O) groups excluding carboxylic acids is 1. The van der Waals surface area contributed by atoms with Gasteiger partial charge in [0.05, 0.1) is 46.9 Å². The van der Waals surface area contributed by atoms with E-state index in [9.17, 15) is 27.6 Å². The molecule has 33 heavy (non-hydrogen) atoms. The van der Waals surface area contributed by atoms with Crippen molar-refractivity contribution in [3.63, 3.8) is 0 Å². The molecule has 0 saturated heterocycles. The number of halogens is 4. The lowest BCUT2D eigenvalue weighted by Crippen LogP contribution is -2.42. The first-order valence-corrected chi connectivity index (χ1v) is 9.73. The molecule has 3 aromatic rings. The number of ether oxygens (including phenoxy) is 1. The molecule has 1 atom stereocenters. The smallest absolute Gasteiger partial charge is 0.417 e. The molecule has 0 N–H and O–H groups in total. The number of likely N-dealkylation sites (N-methyl/N-ethyl adjacent to an activating group) is 1. The summed E-state index contributed by atoms with van der Waals surface area (Å²) in [5.41, 5.74) is -0.405. The van der Waals surface area contributed by atoms with Crippen LogP contribution in [0.2, 0.25) is 0 Å². The van der Waals surface area contributed by atoms with Crippen LogP contribution in [-0.4, -0.2) is 50.0 Å². The van der Waals surface area contributed by atoms with Gasteiger partial charge in [-0.1, -0.05) is 0 Å². The minimum Gasteiger partial charge on any atom is -0.473 e. The van der Waals surface area contributed by atoms with E-state index in [0.717, 1.165) is 0 Å². The van der Waals surface area contributed by atoms with Crippen LogP contribution in [0.4, 0.5) is 17.6 Å². The average Bonchev–Trinajstić information content (AvgIpc) is 3.32. The quantitative estimate of drug-likeness (QED) is 0.498. The lowest BCUT2D eigenvalue weighted by Gasteiger charge is -2.28. The first-order chi connectivity index (χ1) is 15.7. The van der Waals surface area contributed by atoms with Crippen LogP contribution >= 0.6 is 0 Å². The number of hydrogen-bond donors (Lipinski definition) is 0. The van der Waals surface area contributed by atoms with Crippen LogP contribution < -0.4 is 4.74 Å². The van der Waals surface area contributed by atoms with Gasteiger partial charge >= 0.3 is 6.18 Å². The molecule has 2 aromatic heterocycles. The Kier molecular flexibility index (Phi) is 6.91. The SMILES string of the molecule is CCN(C(=O)c1ccc(C#N)cc1-n1nccn1)C(C)COc1ncc(C(F)(F)F)cc1F. The zero-order valence-electron chi connectivity index (χ0n) is 17.5. The van der Waals surface area contributed by atoms with Crippen LogP contribution in [0.5, 0.6) is 5.88 Å². The summed E-state index contributed by atoms with van der Waals surface area (Å²) in [5, 5.41) is 17.2. The second-order valence-electron chi connectivity index (χ2n) is 6.92. The van der Waals surface area contributed by atoms with Crippen LogP contribution in [0.1, 0.15) is 35.3 Å². The summed E-state index contributed by atoms with van der Waals surface area (Å²) in [6.45, 7) is 3.39. The molecule has 2 heterocycles. The topological polar surface area (TPSA) is 96.9 Å². The van der Waals surface area contributed by atoms with Gasteiger partial charge in [-0.25, -0.2) is 9.37 Å². The Hall–Kier alpha value is -4.01. The second-order valence-corrected chi connectivity index (χ2v) is 6.92. The highest BCUT2D eigenvalue weighted by molar-refractivity contribution is 5.98. The summed E-state index contributed by atoms with van der Waals surface area (Å²) in [6.07, 6.45) is -1.40. The molecule has 0 aliphatic rings. The molecule has 0 spiro atoms. The minimum atomic E-state index is -4.73. The van der Waals surface area contributed by atoms with E-state index in [1.165, 1.54) is 40.3 Å². The molecular formula is C21H18F4N6O2. The molecule has 0 aliphatic carbocycles. The highest BCUT2D eigenvalue weighted by Gasteiger charge is 2.32. The van der Waals surface area contributed by atoms with Crippen molar-refractivity contribution in [2.75, 3.05) is 13.2 Å². The molecular weight excluding hydrogens is 444 g/mol. The van der Waals surface area contributed by atoms with E-state index in [1.807, 2.05) is 6.07 Å². The molecule has 0 saturated carbocycles. The van der Waals surface area contributed by atoms with Gasteiger partial charge in [0, 0.05) is 12.7 Å². The number of benzene rings is 1. The van der Waals surface area contributed by atoms with Crippen molar-refractivity contribution >= 4 is 5.91 Å². The van der Waals surface area contributed by atoms with Crippen molar-refractivity contribution in [3.8, 4) is 17.6 Å². The van der Waals surface area contributed by atoms with E-state index in [2.05, 4.69) is 15.2 Å². The van der Waals surface area contributed by atoms with Gasteiger partial charge in [-0.15, -0.1) is 0 Å². The van der Waals surface area contributed by atoms with Gasteiger partial charge < -0.3 is 9.64 Å². The molecule has 1 aromatic carbocycles. The molecule has 172 valence electrons. The maximum Gasteiger partial charge on any atom is 0.417 e. The average molecular weight is 462 g/mol. The molecule has 1 amide bonds. The van der Waals surface area contributed by atoms with Crippen LogP contribution in [0.15, 0.2) is 42.9 Å². The van der Waals surface area contributed by atoms with Crippen LogP contribution in [0.3, 0.4) is 0 Å². The molecule has 0 radical (unpaired) electrons. The van der Waals surface area contributed by atoms with Crippen molar-refractivity contribution in [2.45, 2.75) is 26.1 Å². The minimum absolute atomic E-state index is 0.220. The monoisotopic (exact) mass is 462 g/mol. The molecule has 0 fully saturated rings. The maximum absolute atomic E-state index is 14.0. The number of hydrogen-bond acceptors (Lipinski definition) is 6. The summed E-state index contributed by atoms with van der Waals surface area (Å²) < 4.78 is 57.3. The molecule has 8 nitrogen and oxygen atoms in total. The summed E-state index contributed by atoms with van der Waals surface area (Å²) in [4.78, 5) is 19.3. The summed E-state index contributed by atoms with van der Waals surface area (Å²) in [5.74, 6) is -2.28. The fraction of sp³-hybridized carbons (Fsp3) is 0.286. The highest BCUT2D eigenvalue weighted by atomic mass is 19.4. The molecule has 0 aliphatic heterocycles. The van der Waals surface area contributed by atoms with Crippen LogP contribution in [-0.2, 0) is 6.18 Å². The first-order valence-electron chi connectivity index (χ1n) is 9.73. The number of nitriles is 1. The molecule has 12 heteroatoms. The lowest BCUT2D eigenvalue weighted by molar-refractivity contribution is -0.138. The zero-order valence-corrected chi connectivity index (χ0v) is 17.5. The summed E-state index contributed by atoms with van der Waals surface area (Å²) in [7, 11) is 0. The predicted molar refractivity (Wildman–Crippen MR) is 107 cm³/mol. The number of rotatable bonds is 7. The van der Waals surface area contributed by atoms with Crippen LogP contribution in [0, 0.1) is 17.1 Å². The Balaban J connectivity index is 1.80. The van der Waals surface area contributed by atoms with Gasteiger partial charge in [-0.2, -0.15) is 33.4 Å². The van der Waals surface area contributed by atoms with E-state index in [1.54, 1.807) is 13.8 Å². The number of aromatic nitrogens is 4. The standard InChI is InChI=1S/C21H18F4N6O2/c1-3-30(13(2)12-33-19-17(22)9-15(11-27-19)21(23,24)25)20(32)16-5-4-14(10-26)8-18(16)31-28-6-7-29-31/h4-9,11,13H,3,12H2,1-2H3. The Morgan fingerprint density at radius 3 is 2.55 bits per heavy atom. The van der Waals surface area contributed by atoms with E-state index in [0.29, 0.717) is 23.5 Å². The largest absolute Gasteiger partial charge is 0.473 e. The van der Waals surface area contributed by atoms with Crippen LogP contribution in [0.25, 0.3) is 5.69 Å². The Morgan fingerprint density at radius 2 is 1.97 bits per heavy atom. The maximum atomic E-state index is 14.0. The third kappa shape index (κ3) is 5.25. The second kappa shape index (κ2) is 9.64. The third-order valence-corrected chi connectivity index (χ3v) is 4.72. The number of amides is 1. The van der Waals surface area contributed by atoms with Gasteiger partial charge in [0.2, 0.25) is 5.88 Å². The molecule has 1 unspecified atom stereocenters. The van der Waals surface area contributed by atoms with E-state index < -0.39 is 35.4 Å². The predicted octanol–water partition coefficient (Wildman–Crippen LogP) is 3.62. The number of nitrogens with zero attached hydrogens (tertiary/aromatic N) is 6. The van der Waals surface area contributed by atoms with Gasteiger partial charge in [0.1, 0.15) is 6.61 Å². The van der Waals surface area contributed by atoms with Crippen molar-refractivity contribution in [2.24, 2.45) is 0 Å². The third-order valence-electron chi connectivity index (χ3n) is 4.72. The van der Waals surface area contributed by atoms with E-state index in [4.69, 9.17) is 4.74 Å². The normalized spacial score (nSPS) is 12.2. The Labute approximate surface area is 186 Å². The van der Waals surface area contributed by atoms with Crippen molar-refractivity contribution in [3.05, 3.63) is 65.4 Å². The fourth-order valence-electron chi connectivity index (χ4n) is 3.07. The summed E-state index contributed by atoms with van der Waals surface area (Å²) in [6, 6.07) is 6.13.